The number of allylic oxidation sites excluding steroid dienone is 14. The van der Waals surface area contributed by atoms with Gasteiger partial charge in [0.05, 0.1) is 19.8 Å². The van der Waals surface area contributed by atoms with E-state index in [0.717, 1.165) is 83.5 Å². The number of carbonyl (C=O) groups is 1. The minimum absolute atomic E-state index is 0.112. The van der Waals surface area contributed by atoms with Crippen LogP contribution in [0.2, 0.25) is 0 Å². The molecule has 1 saturated heterocycles. The second kappa shape index (κ2) is 52.2. The molecule has 6 unspecified atom stereocenters. The third-order valence-corrected chi connectivity index (χ3v) is 13.1. The maximum Gasteiger partial charge on any atom is 0.306 e. The fourth-order valence-electron chi connectivity index (χ4n) is 8.59. The van der Waals surface area contributed by atoms with Crippen LogP contribution in [-0.4, -0.2) is 89.6 Å². The van der Waals surface area contributed by atoms with Gasteiger partial charge in [-0.1, -0.05) is 247 Å². The van der Waals surface area contributed by atoms with Crippen molar-refractivity contribution in [1.29, 1.82) is 0 Å². The van der Waals surface area contributed by atoms with Gasteiger partial charge in [-0.15, -0.1) is 0 Å². The molecule has 0 bridgehead atoms. The first-order valence-corrected chi connectivity index (χ1v) is 29.2. The van der Waals surface area contributed by atoms with Gasteiger partial charge < -0.3 is 39.4 Å². The standard InChI is InChI=1S/C62H108O9/c1-3-5-7-9-11-13-15-17-19-21-23-25-27-29-31-33-35-37-39-41-43-45-47-49-51-58(64)70-56(55-69-62-61(67)60(66)59(65)57(53-63)71-62)54-68-52-50-48-46-44-42-40-38-36-34-32-30-28-26-24-22-20-18-16-14-12-10-8-6-4-2/h6,8,12,14,18,20,24,26,30,32,36,38,42,44,56-57,59-63,65-67H,3-5,7,9-11,13,15-17,19,21-23,25,27-29,31,33-35,37,39-41,43,45-55H2,1-2H3/b8-6-,14-12-,20-18-,26-24-,32-30-,38-36-,44-42-. The normalized spacial score (nSPS) is 19.4. The number of aliphatic hydroxyl groups excluding tert-OH is 4. The number of hydrogen-bond acceptors (Lipinski definition) is 9. The first-order chi connectivity index (χ1) is 34.9. The Kier molecular flexibility index (Phi) is 48.8. The molecule has 1 heterocycles. The van der Waals surface area contributed by atoms with Crippen molar-refractivity contribution >= 4 is 5.97 Å². The summed E-state index contributed by atoms with van der Waals surface area (Å²) in [7, 11) is 0. The Morgan fingerprint density at radius 2 is 0.859 bits per heavy atom. The van der Waals surface area contributed by atoms with E-state index in [4.69, 9.17) is 18.9 Å². The summed E-state index contributed by atoms with van der Waals surface area (Å²) in [6.45, 7) is 4.36. The number of esters is 1. The monoisotopic (exact) mass is 997 g/mol. The lowest BCUT2D eigenvalue weighted by Gasteiger charge is -2.39. The summed E-state index contributed by atoms with van der Waals surface area (Å²) in [5.41, 5.74) is 0. The average molecular weight is 998 g/mol. The minimum Gasteiger partial charge on any atom is -0.457 e. The van der Waals surface area contributed by atoms with Crippen molar-refractivity contribution in [2.75, 3.05) is 26.4 Å². The second-order valence-electron chi connectivity index (χ2n) is 19.7. The van der Waals surface area contributed by atoms with E-state index in [2.05, 4.69) is 98.9 Å². The molecule has 6 atom stereocenters. The SMILES string of the molecule is CC/C=C\C/C=C\C/C=C\C/C=C\C/C=C\C/C=C\C/C=C\CCCCOCC(COC1OC(CO)C(O)C(O)C1O)OC(=O)CCCCCCCCCCCCCCCCCCCCCCCCCC. The van der Waals surface area contributed by atoms with Crippen molar-refractivity contribution in [2.45, 2.75) is 275 Å². The number of hydrogen-bond donors (Lipinski definition) is 4. The lowest BCUT2D eigenvalue weighted by atomic mass is 9.99. The Morgan fingerprint density at radius 3 is 1.27 bits per heavy atom. The molecule has 0 aromatic carbocycles. The molecule has 0 radical (unpaired) electrons. The van der Waals surface area contributed by atoms with Crippen LogP contribution in [-0.2, 0) is 23.7 Å². The van der Waals surface area contributed by atoms with E-state index in [1.165, 1.54) is 135 Å². The summed E-state index contributed by atoms with van der Waals surface area (Å²) in [4.78, 5) is 12.9. The van der Waals surface area contributed by atoms with Crippen molar-refractivity contribution in [2.24, 2.45) is 0 Å². The highest BCUT2D eigenvalue weighted by molar-refractivity contribution is 5.69. The van der Waals surface area contributed by atoms with Crippen molar-refractivity contribution in [3.63, 3.8) is 0 Å². The van der Waals surface area contributed by atoms with E-state index < -0.39 is 43.4 Å². The Balaban J connectivity index is 2.19. The maximum absolute atomic E-state index is 12.9. The van der Waals surface area contributed by atoms with Crippen LogP contribution in [0, 0.1) is 0 Å². The summed E-state index contributed by atoms with van der Waals surface area (Å²) in [6.07, 6.45) is 65.0. The Bertz CT molecular complexity index is 1370. The maximum atomic E-state index is 12.9. The van der Waals surface area contributed by atoms with Crippen LogP contribution in [0.15, 0.2) is 85.1 Å². The number of rotatable bonds is 50. The van der Waals surface area contributed by atoms with Crippen LogP contribution in [0.3, 0.4) is 0 Å². The molecule has 0 saturated carbocycles. The molecule has 0 aromatic rings. The molecule has 1 aliphatic heterocycles. The summed E-state index contributed by atoms with van der Waals surface area (Å²) >= 11 is 0. The van der Waals surface area contributed by atoms with Crippen molar-refractivity contribution in [3.05, 3.63) is 85.1 Å². The van der Waals surface area contributed by atoms with E-state index in [1.54, 1.807) is 0 Å². The first kappa shape index (κ1) is 66.4. The molecule has 4 N–H and O–H groups in total. The van der Waals surface area contributed by atoms with Gasteiger partial charge in [0.15, 0.2) is 6.29 Å². The van der Waals surface area contributed by atoms with Gasteiger partial charge in [0.25, 0.3) is 0 Å². The van der Waals surface area contributed by atoms with E-state index in [-0.39, 0.29) is 19.2 Å². The molecule has 9 nitrogen and oxygen atoms in total. The van der Waals surface area contributed by atoms with Crippen LogP contribution in [0.25, 0.3) is 0 Å². The molecular formula is C62H108O9. The lowest BCUT2D eigenvalue weighted by molar-refractivity contribution is -0.305. The molecule has 1 aliphatic rings. The van der Waals surface area contributed by atoms with Crippen LogP contribution >= 0.6 is 0 Å². The molecule has 410 valence electrons. The fraction of sp³-hybridized carbons (Fsp3) is 0.758. The summed E-state index contributed by atoms with van der Waals surface area (Å²) in [6, 6.07) is 0. The lowest BCUT2D eigenvalue weighted by Crippen LogP contribution is -2.59. The first-order valence-electron chi connectivity index (χ1n) is 29.2. The van der Waals surface area contributed by atoms with E-state index in [9.17, 15) is 25.2 Å². The highest BCUT2D eigenvalue weighted by atomic mass is 16.7. The van der Waals surface area contributed by atoms with Gasteiger partial charge in [-0.25, -0.2) is 0 Å². The number of ether oxygens (including phenoxy) is 4. The van der Waals surface area contributed by atoms with Gasteiger partial charge >= 0.3 is 5.97 Å². The van der Waals surface area contributed by atoms with Gasteiger partial charge in [-0.2, -0.15) is 0 Å². The zero-order valence-corrected chi connectivity index (χ0v) is 45.5. The molecule has 1 rings (SSSR count). The molecule has 0 spiro atoms. The summed E-state index contributed by atoms with van der Waals surface area (Å²) in [5.74, 6) is -0.327. The summed E-state index contributed by atoms with van der Waals surface area (Å²) < 4.78 is 22.9. The van der Waals surface area contributed by atoms with Crippen LogP contribution in [0.1, 0.15) is 239 Å². The quantitative estimate of drug-likeness (QED) is 0.0267. The third kappa shape index (κ3) is 42.4. The predicted molar refractivity (Wildman–Crippen MR) is 297 cm³/mol. The molecule has 71 heavy (non-hydrogen) atoms. The highest BCUT2D eigenvalue weighted by Gasteiger charge is 2.44. The van der Waals surface area contributed by atoms with Crippen LogP contribution in [0.5, 0.6) is 0 Å². The minimum atomic E-state index is -1.55. The topological polar surface area (TPSA) is 135 Å². The smallest absolute Gasteiger partial charge is 0.306 e. The van der Waals surface area contributed by atoms with Crippen molar-refractivity contribution < 1.29 is 44.2 Å². The van der Waals surface area contributed by atoms with Gasteiger partial charge in [0.2, 0.25) is 0 Å². The fourth-order valence-corrected chi connectivity index (χ4v) is 8.59. The molecule has 0 aliphatic carbocycles. The molecule has 0 amide bonds. The van der Waals surface area contributed by atoms with Crippen LogP contribution in [0.4, 0.5) is 0 Å². The number of aliphatic hydroxyl groups is 4. The van der Waals surface area contributed by atoms with Gasteiger partial charge in [-0.3, -0.25) is 4.79 Å². The molecule has 1 fully saturated rings. The summed E-state index contributed by atoms with van der Waals surface area (Å²) in [5, 5.41) is 40.4. The molecular weight excluding hydrogens is 889 g/mol. The Hall–Kier alpha value is -2.63. The largest absolute Gasteiger partial charge is 0.457 e. The van der Waals surface area contributed by atoms with Crippen molar-refractivity contribution in [3.8, 4) is 0 Å². The average Bonchev–Trinajstić information content (AvgIpc) is 3.37. The van der Waals surface area contributed by atoms with E-state index in [0.29, 0.717) is 13.0 Å². The zero-order valence-electron chi connectivity index (χ0n) is 45.5. The molecule has 9 heteroatoms. The number of carbonyl (C=O) groups excluding carboxylic acids is 1. The Morgan fingerprint density at radius 1 is 0.465 bits per heavy atom. The highest BCUT2D eigenvalue weighted by Crippen LogP contribution is 2.23. The van der Waals surface area contributed by atoms with Gasteiger partial charge in [-0.05, 0) is 70.6 Å². The third-order valence-electron chi connectivity index (χ3n) is 13.1. The van der Waals surface area contributed by atoms with Gasteiger partial charge in [0, 0.05) is 13.0 Å². The van der Waals surface area contributed by atoms with E-state index >= 15 is 0 Å². The van der Waals surface area contributed by atoms with Crippen molar-refractivity contribution in [1.82, 2.24) is 0 Å². The molecule has 0 aromatic heterocycles. The second-order valence-corrected chi connectivity index (χ2v) is 19.7. The van der Waals surface area contributed by atoms with E-state index in [1.807, 2.05) is 0 Å². The predicted octanol–water partition coefficient (Wildman–Crippen LogP) is 15.3. The number of unbranched alkanes of at least 4 members (excludes halogenated alkanes) is 25. The van der Waals surface area contributed by atoms with Crippen LogP contribution < -0.4 is 0 Å². The Labute approximate surface area is 435 Å². The van der Waals surface area contributed by atoms with Gasteiger partial charge in [0.1, 0.15) is 30.5 Å². The zero-order chi connectivity index (χ0) is 51.3.